The number of carbonyl (C=O) groups excluding carboxylic acids is 1. The second-order valence-corrected chi connectivity index (χ2v) is 10.3. The third-order valence-corrected chi connectivity index (χ3v) is 8.20. The van der Waals surface area contributed by atoms with Crippen LogP contribution in [-0.2, 0) is 17.9 Å². The zero-order valence-corrected chi connectivity index (χ0v) is 20.9. The fourth-order valence-corrected chi connectivity index (χ4v) is 4.97. The number of nitrogens with one attached hydrogen (secondary N) is 2. The monoisotopic (exact) mass is 504 g/mol. The van der Waals surface area contributed by atoms with E-state index in [2.05, 4.69) is 71.3 Å². The number of amides is 1. The van der Waals surface area contributed by atoms with Gasteiger partial charge in [-0.1, -0.05) is 34.6 Å². The molecule has 0 aromatic carbocycles. The summed E-state index contributed by atoms with van der Waals surface area (Å²) in [4.78, 5) is 29.2. The van der Waals surface area contributed by atoms with E-state index in [1.807, 2.05) is 12.1 Å². The highest BCUT2D eigenvalue weighted by atomic mass is 79.9. The van der Waals surface area contributed by atoms with Crippen molar-refractivity contribution in [1.29, 1.82) is 0 Å². The molecule has 0 radical (unpaired) electrons. The number of nitrogens with two attached hydrogens (primary N) is 1. The molecule has 174 valence electrons. The first-order chi connectivity index (χ1) is 15.0. The van der Waals surface area contributed by atoms with E-state index in [4.69, 9.17) is 5.73 Å². The highest BCUT2D eigenvalue weighted by Gasteiger charge is 2.43. The summed E-state index contributed by atoms with van der Waals surface area (Å²) >= 11 is 3.39. The Hall–Kier alpha value is -2.42. The summed E-state index contributed by atoms with van der Waals surface area (Å²) < 4.78 is 1.38. The normalized spacial score (nSPS) is 24.7. The zero-order valence-electron chi connectivity index (χ0n) is 19.4. The van der Waals surface area contributed by atoms with Crippen LogP contribution in [-0.4, -0.2) is 26.7 Å². The molecule has 1 saturated carbocycles. The van der Waals surface area contributed by atoms with E-state index < -0.39 is 5.56 Å². The fourth-order valence-electron chi connectivity index (χ4n) is 4.45. The van der Waals surface area contributed by atoms with Crippen molar-refractivity contribution in [2.75, 3.05) is 11.1 Å². The van der Waals surface area contributed by atoms with Gasteiger partial charge in [0.15, 0.2) is 5.82 Å². The van der Waals surface area contributed by atoms with Gasteiger partial charge in [-0.25, -0.2) is 4.68 Å². The van der Waals surface area contributed by atoms with Crippen LogP contribution >= 0.6 is 15.9 Å². The van der Waals surface area contributed by atoms with Crippen molar-refractivity contribution in [3.63, 3.8) is 0 Å². The number of nitrogens with zero attached hydrogens (tertiary/aromatic N) is 3. The molecule has 0 aliphatic heterocycles. The molecule has 2 aromatic heterocycles. The summed E-state index contributed by atoms with van der Waals surface area (Å²) in [6.45, 7) is 11.6. The molecule has 1 fully saturated rings. The van der Waals surface area contributed by atoms with Crippen LogP contribution in [0, 0.1) is 23.2 Å². The van der Waals surface area contributed by atoms with E-state index in [-0.39, 0.29) is 29.7 Å². The Kier molecular flexibility index (Phi) is 7.27. The van der Waals surface area contributed by atoms with Crippen LogP contribution in [0.25, 0.3) is 0 Å². The topological polar surface area (TPSA) is 115 Å². The molecule has 8 nitrogen and oxygen atoms in total. The van der Waals surface area contributed by atoms with E-state index in [0.717, 1.165) is 16.7 Å². The van der Waals surface area contributed by atoms with Crippen LogP contribution in [0.15, 0.2) is 33.8 Å². The van der Waals surface area contributed by atoms with Gasteiger partial charge >= 0.3 is 0 Å². The predicted octanol–water partition coefficient (Wildman–Crippen LogP) is 3.42. The molecule has 4 N–H and O–H groups in total. The first kappa shape index (κ1) is 24.2. The Labute approximate surface area is 197 Å². The quantitative estimate of drug-likeness (QED) is 0.554. The van der Waals surface area contributed by atoms with Crippen LogP contribution in [0.2, 0.25) is 0 Å². The summed E-state index contributed by atoms with van der Waals surface area (Å²) in [5.41, 5.74) is 7.48. The third-order valence-electron chi connectivity index (χ3n) is 7.46. The van der Waals surface area contributed by atoms with Crippen molar-refractivity contribution in [2.45, 2.75) is 60.2 Å². The Morgan fingerprint density at radius 3 is 2.59 bits per heavy atom. The van der Waals surface area contributed by atoms with Gasteiger partial charge in [-0.3, -0.25) is 14.6 Å². The smallest absolute Gasteiger partial charge is 0.283 e. The molecule has 3 rings (SSSR count). The third kappa shape index (κ3) is 4.98. The molecular formula is C23H33BrN6O2. The lowest BCUT2D eigenvalue weighted by Gasteiger charge is -2.50. The lowest BCUT2D eigenvalue weighted by molar-refractivity contribution is -0.122. The molecule has 1 aliphatic carbocycles. The number of halogens is 1. The molecule has 4 atom stereocenters. The van der Waals surface area contributed by atoms with Gasteiger partial charge in [-0.15, -0.1) is 5.10 Å². The zero-order chi connectivity index (χ0) is 23.6. The number of hydrogen-bond donors (Lipinski definition) is 3. The number of nitrogen functional groups attached to an aromatic ring is 1. The molecule has 0 bridgehead atoms. The number of aromatic nitrogens is 3. The highest BCUT2D eigenvalue weighted by Crippen LogP contribution is 2.48. The molecule has 2 aromatic rings. The Morgan fingerprint density at radius 2 is 1.94 bits per heavy atom. The lowest BCUT2D eigenvalue weighted by atomic mass is 9.58. The number of anilines is 2. The minimum Gasteiger partial charge on any atom is -0.381 e. The summed E-state index contributed by atoms with van der Waals surface area (Å²) in [5.74, 6) is 1.28. The Balaban J connectivity index is 1.73. The van der Waals surface area contributed by atoms with E-state index >= 15 is 0 Å². The van der Waals surface area contributed by atoms with Crippen LogP contribution in [0.1, 0.15) is 46.6 Å². The van der Waals surface area contributed by atoms with E-state index in [0.29, 0.717) is 34.5 Å². The summed E-state index contributed by atoms with van der Waals surface area (Å²) in [6, 6.07) is 3.80. The van der Waals surface area contributed by atoms with Crippen molar-refractivity contribution in [3.05, 3.63) is 44.9 Å². The molecule has 2 heterocycles. The van der Waals surface area contributed by atoms with Gasteiger partial charge in [0, 0.05) is 25.0 Å². The minimum atomic E-state index is -0.398. The van der Waals surface area contributed by atoms with Crippen molar-refractivity contribution in [3.8, 4) is 0 Å². The van der Waals surface area contributed by atoms with Crippen LogP contribution in [0.3, 0.4) is 0 Å². The highest BCUT2D eigenvalue weighted by molar-refractivity contribution is 9.10. The van der Waals surface area contributed by atoms with Crippen molar-refractivity contribution >= 4 is 33.3 Å². The minimum absolute atomic E-state index is 0.173. The number of rotatable bonds is 6. The maximum atomic E-state index is 12.9. The second-order valence-electron chi connectivity index (χ2n) is 9.53. The van der Waals surface area contributed by atoms with E-state index in [1.165, 1.54) is 0 Å². The van der Waals surface area contributed by atoms with Crippen molar-refractivity contribution < 1.29 is 4.79 Å². The van der Waals surface area contributed by atoms with Gasteiger partial charge < -0.3 is 16.4 Å². The van der Waals surface area contributed by atoms with Gasteiger partial charge in [0.2, 0.25) is 5.91 Å². The molecule has 0 unspecified atom stereocenters. The number of pyridine rings is 1. The molecular weight excluding hydrogens is 472 g/mol. The van der Waals surface area contributed by atoms with Gasteiger partial charge in [-0.2, -0.15) is 0 Å². The Bertz CT molecular complexity index is 1020. The van der Waals surface area contributed by atoms with Gasteiger partial charge in [0.05, 0.1) is 5.69 Å². The first-order valence-electron chi connectivity index (χ1n) is 11.0. The van der Waals surface area contributed by atoms with Crippen LogP contribution in [0.4, 0.5) is 11.5 Å². The standard InChI is InChI=1S/C23H33BrN6O2/c1-13-10-17(14(2)15(3)23(13,4)5)28-20-19(24)22(32)30(29-21(20)25)12-18(31)27-11-16-6-8-26-9-7-16/h6-9,13-15,17,28H,10-12H2,1-5H3,(H2,25,29)(H,27,31)/t13-,14+,15+,17+/m0/s1. The Morgan fingerprint density at radius 1 is 1.28 bits per heavy atom. The van der Waals surface area contributed by atoms with E-state index in [9.17, 15) is 9.59 Å². The van der Waals surface area contributed by atoms with Crippen LogP contribution in [0.5, 0.6) is 0 Å². The predicted molar refractivity (Wildman–Crippen MR) is 130 cm³/mol. The maximum Gasteiger partial charge on any atom is 0.283 e. The molecule has 1 amide bonds. The van der Waals surface area contributed by atoms with Crippen molar-refractivity contribution in [1.82, 2.24) is 20.1 Å². The summed E-state index contributed by atoms with van der Waals surface area (Å²) in [6.07, 6.45) is 4.30. The fraction of sp³-hybridized carbons (Fsp3) is 0.565. The van der Waals surface area contributed by atoms with Gasteiger partial charge in [0.25, 0.3) is 5.56 Å². The second kappa shape index (κ2) is 9.60. The van der Waals surface area contributed by atoms with Crippen molar-refractivity contribution in [2.24, 2.45) is 23.2 Å². The lowest BCUT2D eigenvalue weighted by Crippen LogP contribution is -2.48. The first-order valence-corrected chi connectivity index (χ1v) is 11.8. The van der Waals surface area contributed by atoms with Crippen LogP contribution < -0.4 is 21.9 Å². The average Bonchev–Trinajstić information content (AvgIpc) is 2.76. The molecule has 32 heavy (non-hydrogen) atoms. The number of hydrogen-bond acceptors (Lipinski definition) is 6. The number of carbonyl (C=O) groups is 1. The summed E-state index contributed by atoms with van der Waals surface area (Å²) in [7, 11) is 0. The molecule has 9 heteroatoms. The summed E-state index contributed by atoms with van der Waals surface area (Å²) in [5, 5.41) is 10.5. The molecule has 0 spiro atoms. The van der Waals surface area contributed by atoms with Gasteiger partial charge in [-0.05, 0) is 63.2 Å². The molecule has 0 saturated heterocycles. The largest absolute Gasteiger partial charge is 0.381 e. The SMILES string of the molecule is C[C@@H]1[C@@H](C)C(C)(C)[C@@H](C)C[C@H]1Nc1c(N)nn(CC(=O)NCc2ccncc2)c(=O)c1Br. The van der Waals surface area contributed by atoms with E-state index in [1.54, 1.807) is 12.4 Å². The molecule has 1 aliphatic rings. The van der Waals surface area contributed by atoms with Gasteiger partial charge in [0.1, 0.15) is 11.0 Å². The average molecular weight is 505 g/mol. The maximum absolute atomic E-state index is 12.9.